The molecule has 2 aromatic carbocycles. The fourth-order valence-electron chi connectivity index (χ4n) is 3.37. The van der Waals surface area contributed by atoms with Crippen molar-refractivity contribution in [1.82, 2.24) is 9.97 Å². The maximum absolute atomic E-state index is 13.0. The van der Waals surface area contributed by atoms with Crippen molar-refractivity contribution in [2.75, 3.05) is 18.0 Å². The van der Waals surface area contributed by atoms with Gasteiger partial charge in [-0.05, 0) is 55.7 Å². The molecule has 0 amide bonds. The largest absolute Gasteiger partial charge is 0.417 e. The Morgan fingerprint density at radius 1 is 1.00 bits per heavy atom. The van der Waals surface area contributed by atoms with E-state index in [2.05, 4.69) is 14.9 Å². The lowest BCUT2D eigenvalue weighted by molar-refractivity contribution is -0.137. The Balaban J connectivity index is 1.66. The minimum Gasteiger partial charge on any atom is -0.372 e. The molecular weight excluding hydrogens is 363 g/mol. The van der Waals surface area contributed by atoms with Gasteiger partial charge in [-0.15, -0.1) is 0 Å². The number of alkyl halides is 3. The number of H-pyrrole nitrogens is 1. The van der Waals surface area contributed by atoms with Crippen LogP contribution in [0.1, 0.15) is 24.8 Å². The molecule has 1 aromatic heterocycles. The molecule has 2 heterocycles. The second kappa shape index (κ2) is 6.50. The first-order chi connectivity index (χ1) is 12.4. The van der Waals surface area contributed by atoms with Gasteiger partial charge in [0.2, 0.25) is 0 Å². The first-order valence-corrected chi connectivity index (χ1v) is 8.91. The average molecular weight is 380 g/mol. The van der Waals surface area contributed by atoms with Gasteiger partial charge in [-0.1, -0.05) is 11.6 Å². The Hall–Kier alpha value is -2.21. The SMILES string of the molecule is FC(F)(F)c1cc2[nH]c(-c3ccc(N4CCCCC4)cc3)nc2cc1Cl. The number of aromatic amines is 1. The van der Waals surface area contributed by atoms with Crippen LogP contribution in [-0.2, 0) is 6.18 Å². The summed E-state index contributed by atoms with van der Waals surface area (Å²) >= 11 is 5.77. The van der Waals surface area contributed by atoms with Gasteiger partial charge in [0.25, 0.3) is 0 Å². The van der Waals surface area contributed by atoms with Crippen molar-refractivity contribution < 1.29 is 13.2 Å². The third-order valence-electron chi connectivity index (χ3n) is 4.74. The minimum absolute atomic E-state index is 0.317. The number of hydrogen-bond acceptors (Lipinski definition) is 2. The molecule has 1 N–H and O–H groups in total. The van der Waals surface area contributed by atoms with Gasteiger partial charge in [0.1, 0.15) is 5.82 Å². The molecule has 26 heavy (non-hydrogen) atoms. The second-order valence-corrected chi connectivity index (χ2v) is 6.93. The smallest absolute Gasteiger partial charge is 0.372 e. The topological polar surface area (TPSA) is 31.9 Å². The van der Waals surface area contributed by atoms with Crippen molar-refractivity contribution in [3.8, 4) is 11.4 Å². The summed E-state index contributed by atoms with van der Waals surface area (Å²) in [6.45, 7) is 2.12. The Morgan fingerprint density at radius 2 is 1.69 bits per heavy atom. The Kier molecular flexibility index (Phi) is 4.31. The number of fused-ring (bicyclic) bond motifs is 1. The molecule has 0 aliphatic carbocycles. The number of anilines is 1. The number of aromatic nitrogens is 2. The van der Waals surface area contributed by atoms with Crippen LogP contribution in [0, 0.1) is 0 Å². The van der Waals surface area contributed by atoms with E-state index in [0.29, 0.717) is 16.9 Å². The molecular formula is C19H17ClF3N3. The molecule has 1 aliphatic rings. The molecule has 3 aromatic rings. The molecule has 4 rings (SSSR count). The highest BCUT2D eigenvalue weighted by Gasteiger charge is 2.33. The molecule has 3 nitrogen and oxygen atoms in total. The lowest BCUT2D eigenvalue weighted by Gasteiger charge is -2.28. The summed E-state index contributed by atoms with van der Waals surface area (Å²) in [7, 11) is 0. The van der Waals surface area contributed by atoms with E-state index in [0.717, 1.165) is 30.4 Å². The average Bonchev–Trinajstić information content (AvgIpc) is 3.04. The van der Waals surface area contributed by atoms with Crippen LogP contribution in [0.2, 0.25) is 5.02 Å². The summed E-state index contributed by atoms with van der Waals surface area (Å²) in [6, 6.07) is 10.2. The van der Waals surface area contributed by atoms with E-state index in [-0.39, 0.29) is 5.02 Å². The van der Waals surface area contributed by atoms with Gasteiger partial charge >= 0.3 is 6.18 Å². The summed E-state index contributed by atoms with van der Waals surface area (Å²) in [4.78, 5) is 9.70. The summed E-state index contributed by atoms with van der Waals surface area (Å²) in [6.07, 6.45) is -0.816. The van der Waals surface area contributed by atoms with E-state index in [1.54, 1.807) is 0 Å². The Labute approximate surface area is 153 Å². The van der Waals surface area contributed by atoms with E-state index >= 15 is 0 Å². The maximum Gasteiger partial charge on any atom is 0.417 e. The van der Waals surface area contributed by atoms with Crippen LogP contribution in [0.3, 0.4) is 0 Å². The third kappa shape index (κ3) is 3.26. The van der Waals surface area contributed by atoms with Crippen molar-refractivity contribution in [3.63, 3.8) is 0 Å². The van der Waals surface area contributed by atoms with E-state index in [1.807, 2.05) is 24.3 Å². The van der Waals surface area contributed by atoms with Gasteiger partial charge in [0.15, 0.2) is 0 Å². The van der Waals surface area contributed by atoms with E-state index in [4.69, 9.17) is 11.6 Å². The molecule has 0 spiro atoms. The second-order valence-electron chi connectivity index (χ2n) is 6.53. The summed E-state index contributed by atoms with van der Waals surface area (Å²) in [5, 5.41) is -0.344. The molecule has 0 atom stereocenters. The van der Waals surface area contributed by atoms with Crippen LogP contribution < -0.4 is 4.90 Å². The molecule has 0 saturated carbocycles. The molecule has 1 fully saturated rings. The van der Waals surface area contributed by atoms with Crippen LogP contribution in [0.25, 0.3) is 22.4 Å². The predicted octanol–water partition coefficient (Wildman–Crippen LogP) is 5.89. The molecule has 0 bridgehead atoms. The predicted molar refractivity (Wildman–Crippen MR) is 97.6 cm³/mol. The number of hydrogen-bond donors (Lipinski definition) is 1. The first kappa shape index (κ1) is 17.2. The fourth-order valence-corrected chi connectivity index (χ4v) is 3.63. The molecule has 7 heteroatoms. The summed E-state index contributed by atoms with van der Waals surface area (Å²) in [5.41, 5.74) is 1.86. The van der Waals surface area contributed by atoms with Crippen LogP contribution in [0.4, 0.5) is 18.9 Å². The minimum atomic E-state index is -4.49. The van der Waals surface area contributed by atoms with Gasteiger partial charge in [0, 0.05) is 24.3 Å². The molecule has 1 saturated heterocycles. The van der Waals surface area contributed by atoms with Crippen molar-refractivity contribution >= 4 is 28.3 Å². The first-order valence-electron chi connectivity index (χ1n) is 8.54. The molecule has 1 aliphatic heterocycles. The Bertz CT molecular complexity index is 926. The van der Waals surface area contributed by atoms with Gasteiger partial charge < -0.3 is 9.88 Å². The van der Waals surface area contributed by atoms with Crippen LogP contribution in [0.15, 0.2) is 36.4 Å². The molecule has 0 unspecified atom stereocenters. The fraction of sp³-hybridized carbons (Fsp3) is 0.316. The van der Waals surface area contributed by atoms with Crippen molar-refractivity contribution in [2.24, 2.45) is 0 Å². The molecule has 136 valence electrons. The van der Waals surface area contributed by atoms with Crippen molar-refractivity contribution in [3.05, 3.63) is 47.0 Å². The zero-order valence-corrected chi connectivity index (χ0v) is 14.7. The zero-order chi connectivity index (χ0) is 18.3. The highest BCUT2D eigenvalue weighted by atomic mass is 35.5. The third-order valence-corrected chi connectivity index (χ3v) is 5.05. The normalized spacial score (nSPS) is 15.6. The number of halogens is 4. The number of rotatable bonds is 2. The highest BCUT2D eigenvalue weighted by molar-refractivity contribution is 6.32. The number of imidazole rings is 1. The Morgan fingerprint density at radius 3 is 2.35 bits per heavy atom. The van der Waals surface area contributed by atoms with Crippen LogP contribution >= 0.6 is 11.6 Å². The zero-order valence-electron chi connectivity index (χ0n) is 13.9. The lowest BCUT2D eigenvalue weighted by Crippen LogP contribution is -2.29. The number of nitrogens with zero attached hydrogens (tertiary/aromatic N) is 2. The summed E-state index contributed by atoms with van der Waals surface area (Å²) in [5.74, 6) is 0.528. The molecule has 0 radical (unpaired) electrons. The van der Waals surface area contributed by atoms with Gasteiger partial charge in [-0.3, -0.25) is 0 Å². The lowest BCUT2D eigenvalue weighted by atomic mass is 10.1. The van der Waals surface area contributed by atoms with E-state index < -0.39 is 11.7 Å². The van der Waals surface area contributed by atoms with Gasteiger partial charge in [-0.25, -0.2) is 4.98 Å². The quantitative estimate of drug-likeness (QED) is 0.601. The standard InChI is InChI=1S/C19H17ClF3N3/c20-15-11-17-16(10-14(15)19(21,22)23)24-18(25-17)12-4-6-13(7-5-12)26-8-2-1-3-9-26/h4-7,10-11H,1-3,8-9H2,(H,24,25). The van der Waals surface area contributed by atoms with E-state index in [9.17, 15) is 13.2 Å². The van der Waals surface area contributed by atoms with Crippen LogP contribution in [-0.4, -0.2) is 23.1 Å². The van der Waals surface area contributed by atoms with E-state index in [1.165, 1.54) is 25.3 Å². The maximum atomic E-state index is 13.0. The van der Waals surface area contributed by atoms with Crippen LogP contribution in [0.5, 0.6) is 0 Å². The van der Waals surface area contributed by atoms with Gasteiger partial charge in [-0.2, -0.15) is 13.2 Å². The van der Waals surface area contributed by atoms with Crippen molar-refractivity contribution in [2.45, 2.75) is 25.4 Å². The highest BCUT2D eigenvalue weighted by Crippen LogP contribution is 2.37. The monoisotopic (exact) mass is 379 g/mol. The number of piperidine rings is 1. The summed E-state index contributed by atoms with van der Waals surface area (Å²) < 4.78 is 39.0. The number of benzene rings is 2. The van der Waals surface area contributed by atoms with Gasteiger partial charge in [0.05, 0.1) is 21.6 Å². The van der Waals surface area contributed by atoms with Crippen molar-refractivity contribution in [1.29, 1.82) is 0 Å². The number of nitrogens with one attached hydrogen (secondary N) is 1.